The van der Waals surface area contributed by atoms with Gasteiger partial charge >= 0.3 is 0 Å². The van der Waals surface area contributed by atoms with Gasteiger partial charge in [-0.1, -0.05) is 12.1 Å². The summed E-state index contributed by atoms with van der Waals surface area (Å²) in [5.74, 6) is 0.936. The number of nitrogens with one attached hydrogen (secondary N) is 2. The lowest BCUT2D eigenvalue weighted by Crippen LogP contribution is -2.26. The second-order valence-electron chi connectivity index (χ2n) is 6.90. The molecule has 144 valence electrons. The first-order valence-corrected chi connectivity index (χ1v) is 9.32. The molecule has 27 heavy (non-hydrogen) atoms. The zero-order chi connectivity index (χ0) is 19.4. The Bertz CT molecular complexity index is 902. The molecule has 2 aromatic carbocycles. The largest absolute Gasteiger partial charge is 0.491 e. The van der Waals surface area contributed by atoms with Gasteiger partial charge in [0, 0.05) is 55.0 Å². The van der Waals surface area contributed by atoms with Crippen LogP contribution in [-0.2, 0) is 4.74 Å². The van der Waals surface area contributed by atoms with E-state index in [1.807, 2.05) is 19.2 Å². The van der Waals surface area contributed by atoms with Crippen LogP contribution in [-0.4, -0.2) is 38.4 Å². The molecule has 3 aromatic rings. The summed E-state index contributed by atoms with van der Waals surface area (Å²) >= 11 is 0. The van der Waals surface area contributed by atoms with Crippen molar-refractivity contribution >= 4 is 16.6 Å². The highest BCUT2D eigenvalue weighted by Gasteiger charge is 2.24. The molecule has 0 aliphatic rings. The van der Waals surface area contributed by atoms with E-state index in [0.717, 1.165) is 17.0 Å². The predicted octanol–water partition coefficient (Wildman–Crippen LogP) is 4.02. The Kier molecular flexibility index (Phi) is 6.04. The number of anilines is 1. The standard InChI is InChI=1S/C22H29N3O2/c1-14-17(6-5-7-20(14)24-3)22(15(2)23)19-13-25-21-12-16(8-9-18(19)21)27-11-10-26-4/h5-9,12-13,15,22,24-25H,10-11,23H2,1-4H3. The van der Waals surface area contributed by atoms with Crippen molar-refractivity contribution in [3.8, 4) is 5.75 Å². The van der Waals surface area contributed by atoms with E-state index in [9.17, 15) is 0 Å². The lowest BCUT2D eigenvalue weighted by molar-refractivity contribution is 0.146. The third-order valence-electron chi connectivity index (χ3n) is 5.08. The van der Waals surface area contributed by atoms with Crippen molar-refractivity contribution in [2.45, 2.75) is 25.8 Å². The van der Waals surface area contributed by atoms with Gasteiger partial charge in [-0.05, 0) is 48.7 Å². The molecule has 0 radical (unpaired) electrons. The first-order valence-electron chi connectivity index (χ1n) is 9.32. The SMILES string of the molecule is CNc1cccc(C(c2c[nH]c3cc(OCCOC)ccc23)C(C)N)c1C. The van der Waals surface area contributed by atoms with Crippen LogP contribution in [0.3, 0.4) is 0 Å². The van der Waals surface area contributed by atoms with Crippen LogP contribution in [0.15, 0.2) is 42.6 Å². The lowest BCUT2D eigenvalue weighted by atomic mass is 9.83. The number of aromatic nitrogens is 1. The molecule has 0 amide bonds. The normalized spacial score (nSPS) is 13.5. The summed E-state index contributed by atoms with van der Waals surface area (Å²) in [4.78, 5) is 3.39. The van der Waals surface area contributed by atoms with Gasteiger partial charge in [-0.25, -0.2) is 0 Å². The maximum Gasteiger partial charge on any atom is 0.121 e. The molecule has 3 rings (SSSR count). The molecule has 1 aromatic heterocycles. The summed E-state index contributed by atoms with van der Waals surface area (Å²) < 4.78 is 10.8. The minimum Gasteiger partial charge on any atom is -0.491 e. The maximum atomic E-state index is 6.45. The summed E-state index contributed by atoms with van der Waals surface area (Å²) in [6.45, 7) is 5.32. The average molecular weight is 367 g/mol. The van der Waals surface area contributed by atoms with Gasteiger partial charge in [-0.15, -0.1) is 0 Å². The van der Waals surface area contributed by atoms with Gasteiger partial charge in [0.1, 0.15) is 12.4 Å². The van der Waals surface area contributed by atoms with Gasteiger partial charge in [0.25, 0.3) is 0 Å². The number of H-pyrrole nitrogens is 1. The molecule has 0 aliphatic carbocycles. The fraction of sp³-hybridized carbons (Fsp3) is 0.364. The molecule has 0 spiro atoms. The third kappa shape index (κ3) is 3.94. The molecule has 2 atom stereocenters. The van der Waals surface area contributed by atoms with E-state index >= 15 is 0 Å². The van der Waals surface area contributed by atoms with Gasteiger partial charge in [0.15, 0.2) is 0 Å². The summed E-state index contributed by atoms with van der Waals surface area (Å²) in [5.41, 5.74) is 12.3. The zero-order valence-electron chi connectivity index (χ0n) is 16.5. The van der Waals surface area contributed by atoms with Crippen molar-refractivity contribution in [1.29, 1.82) is 0 Å². The monoisotopic (exact) mass is 367 g/mol. The van der Waals surface area contributed by atoms with Crippen molar-refractivity contribution in [3.63, 3.8) is 0 Å². The van der Waals surface area contributed by atoms with E-state index in [4.69, 9.17) is 15.2 Å². The molecular formula is C22H29N3O2. The van der Waals surface area contributed by atoms with Crippen molar-refractivity contribution in [3.05, 3.63) is 59.3 Å². The minimum absolute atomic E-state index is 0.0209. The van der Waals surface area contributed by atoms with Crippen molar-refractivity contribution in [2.24, 2.45) is 5.73 Å². The van der Waals surface area contributed by atoms with Gasteiger partial charge in [-0.3, -0.25) is 0 Å². The second kappa shape index (κ2) is 8.46. The highest BCUT2D eigenvalue weighted by Crippen LogP contribution is 2.37. The number of nitrogens with two attached hydrogens (primary N) is 1. The highest BCUT2D eigenvalue weighted by molar-refractivity contribution is 5.85. The highest BCUT2D eigenvalue weighted by atomic mass is 16.5. The number of benzene rings is 2. The third-order valence-corrected chi connectivity index (χ3v) is 5.08. The number of aromatic amines is 1. The quantitative estimate of drug-likeness (QED) is 0.526. The van der Waals surface area contributed by atoms with E-state index < -0.39 is 0 Å². The summed E-state index contributed by atoms with van der Waals surface area (Å²) in [6, 6.07) is 12.5. The molecular weight excluding hydrogens is 338 g/mol. The number of rotatable bonds is 8. The van der Waals surface area contributed by atoms with E-state index in [-0.39, 0.29) is 12.0 Å². The van der Waals surface area contributed by atoms with Crippen LogP contribution in [0.2, 0.25) is 0 Å². The van der Waals surface area contributed by atoms with Crippen LogP contribution in [0, 0.1) is 6.92 Å². The van der Waals surface area contributed by atoms with Crippen LogP contribution >= 0.6 is 0 Å². The van der Waals surface area contributed by atoms with Crippen LogP contribution in [0.1, 0.15) is 29.5 Å². The Morgan fingerprint density at radius 1 is 1.15 bits per heavy atom. The molecule has 5 heteroatoms. The molecule has 5 nitrogen and oxygen atoms in total. The molecule has 0 saturated carbocycles. The Hall–Kier alpha value is -2.50. The zero-order valence-corrected chi connectivity index (χ0v) is 16.5. The molecule has 0 saturated heterocycles. The molecule has 1 heterocycles. The van der Waals surface area contributed by atoms with Crippen LogP contribution < -0.4 is 15.8 Å². The number of methoxy groups -OCH3 is 1. The molecule has 0 fully saturated rings. The van der Waals surface area contributed by atoms with Gasteiger partial charge < -0.3 is 25.5 Å². The van der Waals surface area contributed by atoms with Crippen LogP contribution in [0.4, 0.5) is 5.69 Å². The smallest absolute Gasteiger partial charge is 0.121 e. The number of ether oxygens (including phenoxy) is 2. The molecule has 0 bridgehead atoms. The summed E-state index contributed by atoms with van der Waals surface area (Å²) in [6.07, 6.45) is 2.07. The van der Waals surface area contributed by atoms with Crippen LogP contribution in [0.25, 0.3) is 10.9 Å². The van der Waals surface area contributed by atoms with E-state index in [1.54, 1.807) is 7.11 Å². The van der Waals surface area contributed by atoms with E-state index in [1.165, 1.54) is 22.1 Å². The number of hydrogen-bond donors (Lipinski definition) is 3. The van der Waals surface area contributed by atoms with E-state index in [0.29, 0.717) is 13.2 Å². The Balaban J connectivity index is 2.01. The fourth-order valence-corrected chi connectivity index (χ4v) is 3.71. The Morgan fingerprint density at radius 3 is 2.67 bits per heavy atom. The number of hydrogen-bond acceptors (Lipinski definition) is 4. The van der Waals surface area contributed by atoms with Gasteiger partial charge in [0.2, 0.25) is 0 Å². The first kappa shape index (κ1) is 19.3. The van der Waals surface area contributed by atoms with Gasteiger partial charge in [0.05, 0.1) is 6.61 Å². The van der Waals surface area contributed by atoms with Crippen molar-refractivity contribution in [1.82, 2.24) is 4.98 Å². The van der Waals surface area contributed by atoms with Crippen LogP contribution in [0.5, 0.6) is 5.75 Å². The summed E-state index contributed by atoms with van der Waals surface area (Å²) in [7, 11) is 3.62. The average Bonchev–Trinajstić information content (AvgIpc) is 3.06. The Labute approximate surface area is 160 Å². The van der Waals surface area contributed by atoms with E-state index in [2.05, 4.69) is 54.6 Å². The van der Waals surface area contributed by atoms with Gasteiger partial charge in [-0.2, -0.15) is 0 Å². The first-order chi connectivity index (χ1) is 13.1. The molecule has 4 N–H and O–H groups in total. The van der Waals surface area contributed by atoms with Crippen molar-refractivity contribution in [2.75, 3.05) is 32.7 Å². The number of fused-ring (bicyclic) bond motifs is 1. The molecule has 2 unspecified atom stereocenters. The fourth-order valence-electron chi connectivity index (χ4n) is 3.71. The van der Waals surface area contributed by atoms with Crippen molar-refractivity contribution < 1.29 is 9.47 Å². The minimum atomic E-state index is -0.0209. The topological polar surface area (TPSA) is 72.3 Å². The second-order valence-corrected chi connectivity index (χ2v) is 6.90. The predicted molar refractivity (Wildman–Crippen MR) is 112 cm³/mol. The summed E-state index contributed by atoms with van der Waals surface area (Å²) in [5, 5.41) is 4.44. The Morgan fingerprint density at radius 2 is 1.96 bits per heavy atom. The maximum absolute atomic E-state index is 6.45. The molecule has 0 aliphatic heterocycles. The lowest BCUT2D eigenvalue weighted by Gasteiger charge is -2.24.